The van der Waals surface area contributed by atoms with Crippen LogP contribution < -0.4 is 10.2 Å². The average Bonchev–Trinajstić information content (AvgIpc) is 3.27. The summed E-state index contributed by atoms with van der Waals surface area (Å²) in [5.74, 6) is -0.0645. The van der Waals surface area contributed by atoms with Crippen molar-refractivity contribution < 1.29 is 9.59 Å². The maximum atomic E-state index is 14.1. The first-order valence-electron chi connectivity index (χ1n) is 10.7. The van der Waals surface area contributed by atoms with E-state index in [2.05, 4.69) is 16.4 Å². The quantitative estimate of drug-likeness (QED) is 0.701. The summed E-state index contributed by atoms with van der Waals surface area (Å²) < 4.78 is 0. The first kappa shape index (κ1) is 18.7. The topological polar surface area (TPSA) is 68.4 Å². The molecule has 1 unspecified atom stereocenters. The predicted molar refractivity (Wildman–Crippen MR) is 118 cm³/mol. The molecule has 1 aromatic heterocycles. The number of amides is 3. The monoisotopic (exact) mass is 402 g/mol. The van der Waals surface area contributed by atoms with Gasteiger partial charge < -0.3 is 20.1 Å². The normalized spacial score (nSPS) is 20.0. The van der Waals surface area contributed by atoms with Gasteiger partial charge in [-0.05, 0) is 37.5 Å². The van der Waals surface area contributed by atoms with Gasteiger partial charge in [-0.1, -0.05) is 43.3 Å². The van der Waals surface area contributed by atoms with E-state index in [-0.39, 0.29) is 11.9 Å². The molecule has 0 aliphatic carbocycles. The number of para-hydroxylation sites is 2. The Morgan fingerprint density at radius 3 is 2.70 bits per heavy atom. The van der Waals surface area contributed by atoms with E-state index in [4.69, 9.17) is 0 Å². The summed E-state index contributed by atoms with van der Waals surface area (Å²) in [5.41, 5.74) is 3.54. The molecule has 0 saturated carbocycles. The van der Waals surface area contributed by atoms with Gasteiger partial charge in [-0.15, -0.1) is 0 Å². The van der Waals surface area contributed by atoms with Crippen molar-refractivity contribution in [2.75, 3.05) is 24.5 Å². The van der Waals surface area contributed by atoms with E-state index in [1.165, 1.54) is 0 Å². The minimum Gasteiger partial charge on any atom is -0.355 e. The fourth-order valence-electron chi connectivity index (χ4n) is 5.13. The standard InChI is InChI=1S/C24H26N4O2/c1-3-14-25-23(30)28-15-13-17-16-9-5-7-11-19(16)26-21(17)24(28)18-10-6-8-12-20(18)27(4-2)22(24)29/h5-12,26H,3-4,13-15H2,1-2H3,(H,25,30). The smallest absolute Gasteiger partial charge is 0.318 e. The van der Waals surface area contributed by atoms with Gasteiger partial charge in [-0.3, -0.25) is 4.79 Å². The highest BCUT2D eigenvalue weighted by atomic mass is 16.2. The van der Waals surface area contributed by atoms with Gasteiger partial charge in [0.15, 0.2) is 5.54 Å². The Balaban J connectivity index is 1.81. The largest absolute Gasteiger partial charge is 0.355 e. The van der Waals surface area contributed by atoms with Crippen LogP contribution in [-0.2, 0) is 16.8 Å². The molecule has 2 aliphatic rings. The molecule has 1 atom stereocenters. The van der Waals surface area contributed by atoms with Crippen molar-refractivity contribution in [3.63, 3.8) is 0 Å². The molecule has 0 radical (unpaired) electrons. The number of carbonyl (C=O) groups is 2. The molecule has 6 heteroatoms. The predicted octanol–water partition coefficient (Wildman–Crippen LogP) is 3.76. The second-order valence-corrected chi connectivity index (χ2v) is 7.93. The van der Waals surface area contributed by atoms with Gasteiger partial charge in [0.05, 0.1) is 11.4 Å². The molecular weight excluding hydrogens is 376 g/mol. The van der Waals surface area contributed by atoms with Crippen molar-refractivity contribution in [2.24, 2.45) is 0 Å². The molecule has 154 valence electrons. The number of nitrogens with zero attached hydrogens (tertiary/aromatic N) is 2. The highest BCUT2D eigenvalue weighted by Gasteiger charge is 2.60. The molecule has 3 heterocycles. The van der Waals surface area contributed by atoms with Crippen molar-refractivity contribution in [3.05, 3.63) is 65.4 Å². The van der Waals surface area contributed by atoms with E-state index in [1.54, 1.807) is 9.80 Å². The Kier molecular flexibility index (Phi) is 4.31. The second-order valence-electron chi connectivity index (χ2n) is 7.93. The molecule has 2 aromatic carbocycles. The first-order valence-corrected chi connectivity index (χ1v) is 10.7. The van der Waals surface area contributed by atoms with Crippen molar-refractivity contribution in [2.45, 2.75) is 32.2 Å². The number of urea groups is 1. The van der Waals surface area contributed by atoms with Gasteiger partial charge in [0.1, 0.15) is 0 Å². The fraction of sp³-hybridized carbons (Fsp3) is 0.333. The molecule has 6 nitrogen and oxygen atoms in total. The van der Waals surface area contributed by atoms with E-state index in [1.807, 2.05) is 56.3 Å². The van der Waals surface area contributed by atoms with Crippen LogP contribution >= 0.6 is 0 Å². The molecule has 0 fully saturated rings. The number of hydrogen-bond acceptors (Lipinski definition) is 2. The van der Waals surface area contributed by atoms with E-state index in [0.717, 1.165) is 39.8 Å². The number of benzene rings is 2. The molecule has 30 heavy (non-hydrogen) atoms. The van der Waals surface area contributed by atoms with Gasteiger partial charge in [0.25, 0.3) is 5.91 Å². The molecule has 5 rings (SSSR count). The highest BCUT2D eigenvalue weighted by Crippen LogP contribution is 2.51. The van der Waals surface area contributed by atoms with Crippen LogP contribution in [0.15, 0.2) is 48.5 Å². The third kappa shape index (κ3) is 2.30. The number of aromatic nitrogens is 1. The van der Waals surface area contributed by atoms with E-state index in [0.29, 0.717) is 26.1 Å². The van der Waals surface area contributed by atoms with Crippen LogP contribution in [0.4, 0.5) is 10.5 Å². The van der Waals surface area contributed by atoms with Crippen LogP contribution in [0.5, 0.6) is 0 Å². The van der Waals surface area contributed by atoms with Crippen molar-refractivity contribution in [1.29, 1.82) is 0 Å². The summed E-state index contributed by atoms with van der Waals surface area (Å²) in [6.45, 7) is 5.62. The Morgan fingerprint density at radius 1 is 1.13 bits per heavy atom. The summed E-state index contributed by atoms with van der Waals surface area (Å²) in [7, 11) is 0. The number of nitrogens with one attached hydrogen (secondary N) is 2. The summed E-state index contributed by atoms with van der Waals surface area (Å²) in [6.07, 6.45) is 1.55. The number of anilines is 1. The van der Waals surface area contributed by atoms with E-state index >= 15 is 0 Å². The first-order chi connectivity index (χ1) is 14.6. The summed E-state index contributed by atoms with van der Waals surface area (Å²) >= 11 is 0. The van der Waals surface area contributed by atoms with Crippen molar-refractivity contribution in [3.8, 4) is 0 Å². The molecule has 3 aromatic rings. The highest BCUT2D eigenvalue weighted by molar-refractivity contribution is 6.12. The SMILES string of the molecule is CCCNC(=O)N1CCc2c([nH]c3ccccc23)C12C(=O)N(CC)c1ccccc12. The summed E-state index contributed by atoms with van der Waals surface area (Å²) in [5, 5.41) is 4.13. The summed E-state index contributed by atoms with van der Waals surface area (Å²) in [6, 6.07) is 15.8. The van der Waals surface area contributed by atoms with Crippen molar-refractivity contribution in [1.82, 2.24) is 15.2 Å². The van der Waals surface area contributed by atoms with Crippen LogP contribution in [0.3, 0.4) is 0 Å². The minimum atomic E-state index is -1.17. The Morgan fingerprint density at radius 2 is 1.90 bits per heavy atom. The Hall–Kier alpha value is -3.28. The van der Waals surface area contributed by atoms with Crippen molar-refractivity contribution >= 4 is 28.5 Å². The maximum Gasteiger partial charge on any atom is 0.318 e. The third-order valence-electron chi connectivity index (χ3n) is 6.39. The lowest BCUT2D eigenvalue weighted by molar-refractivity contribution is -0.126. The molecule has 0 bridgehead atoms. The number of H-pyrrole nitrogens is 1. The minimum absolute atomic E-state index is 0.0645. The van der Waals surface area contributed by atoms with Crippen LogP contribution in [0.1, 0.15) is 37.1 Å². The number of aromatic amines is 1. The molecule has 2 N–H and O–H groups in total. The lowest BCUT2D eigenvalue weighted by atomic mass is 9.80. The number of hydrogen-bond donors (Lipinski definition) is 2. The number of rotatable bonds is 3. The van der Waals surface area contributed by atoms with Gasteiger partial charge in [0, 0.05) is 36.1 Å². The zero-order chi connectivity index (χ0) is 20.9. The van der Waals surface area contributed by atoms with E-state index < -0.39 is 5.54 Å². The lowest BCUT2D eigenvalue weighted by Gasteiger charge is -2.43. The van der Waals surface area contributed by atoms with Crippen LogP contribution in [-0.4, -0.2) is 41.5 Å². The number of likely N-dealkylation sites (N-methyl/N-ethyl adjacent to an activating group) is 1. The number of carbonyl (C=O) groups excluding carboxylic acids is 2. The third-order valence-corrected chi connectivity index (χ3v) is 6.39. The van der Waals surface area contributed by atoms with Gasteiger partial charge >= 0.3 is 6.03 Å². The number of fused-ring (bicyclic) bond motifs is 6. The van der Waals surface area contributed by atoms with Gasteiger partial charge in [-0.2, -0.15) is 0 Å². The van der Waals surface area contributed by atoms with Gasteiger partial charge in [0.2, 0.25) is 0 Å². The van der Waals surface area contributed by atoms with Crippen LogP contribution in [0.25, 0.3) is 10.9 Å². The van der Waals surface area contributed by atoms with Gasteiger partial charge in [-0.25, -0.2) is 4.79 Å². The fourth-order valence-corrected chi connectivity index (χ4v) is 5.13. The molecule has 0 saturated heterocycles. The van der Waals surface area contributed by atoms with Crippen LogP contribution in [0, 0.1) is 0 Å². The Bertz CT molecular complexity index is 1150. The maximum absolute atomic E-state index is 14.1. The second kappa shape index (κ2) is 6.90. The molecular formula is C24H26N4O2. The Labute approximate surface area is 175 Å². The molecule has 3 amide bonds. The molecule has 1 spiro atoms. The van der Waals surface area contributed by atoms with Crippen LogP contribution in [0.2, 0.25) is 0 Å². The zero-order valence-corrected chi connectivity index (χ0v) is 17.4. The zero-order valence-electron chi connectivity index (χ0n) is 17.4. The van der Waals surface area contributed by atoms with E-state index in [9.17, 15) is 9.59 Å². The average molecular weight is 402 g/mol. The summed E-state index contributed by atoms with van der Waals surface area (Å²) in [4.78, 5) is 34.5. The lowest BCUT2D eigenvalue weighted by Crippen LogP contribution is -2.61. The molecule has 2 aliphatic heterocycles.